The summed E-state index contributed by atoms with van der Waals surface area (Å²) in [5, 5.41) is -0.0485. The van der Waals surface area contributed by atoms with Gasteiger partial charge in [-0.15, -0.1) is 13.2 Å². The standard InChI is InChI=1S/C9H5BrF5NO2/c10-1-5-4(3-17)7(8(11)12)6(2-16-5)18-9(13,14)15/h2-3,8H,1H2. The average Bonchev–Trinajstić information content (AvgIpc) is 2.25. The third kappa shape index (κ3) is 3.37. The van der Waals surface area contributed by atoms with Gasteiger partial charge in [-0.1, -0.05) is 15.9 Å². The van der Waals surface area contributed by atoms with Gasteiger partial charge >= 0.3 is 6.36 Å². The molecule has 0 aliphatic rings. The average molecular weight is 334 g/mol. The number of nitrogens with zero attached hydrogens (tertiary/aromatic N) is 1. The highest BCUT2D eigenvalue weighted by Gasteiger charge is 2.34. The first kappa shape index (κ1) is 14.8. The van der Waals surface area contributed by atoms with Gasteiger partial charge in [0.15, 0.2) is 12.0 Å². The van der Waals surface area contributed by atoms with Crippen LogP contribution in [0.15, 0.2) is 6.20 Å². The Kier molecular flexibility index (Phi) is 4.60. The second-order valence-electron chi connectivity index (χ2n) is 3.00. The van der Waals surface area contributed by atoms with E-state index in [1.807, 2.05) is 0 Å². The number of aromatic nitrogens is 1. The fraction of sp³-hybridized carbons (Fsp3) is 0.333. The van der Waals surface area contributed by atoms with E-state index in [-0.39, 0.29) is 17.3 Å². The molecule has 0 saturated carbocycles. The molecule has 0 aromatic carbocycles. The lowest BCUT2D eigenvalue weighted by molar-refractivity contribution is -0.275. The predicted octanol–water partition coefficient (Wildman–Crippen LogP) is 3.63. The Morgan fingerprint density at radius 3 is 2.44 bits per heavy atom. The van der Waals surface area contributed by atoms with Crippen LogP contribution in [-0.2, 0) is 5.33 Å². The number of pyridine rings is 1. The van der Waals surface area contributed by atoms with Gasteiger partial charge in [-0.05, 0) is 0 Å². The van der Waals surface area contributed by atoms with Crippen molar-refractivity contribution in [2.75, 3.05) is 0 Å². The number of halogens is 6. The minimum atomic E-state index is -5.14. The quantitative estimate of drug-likeness (QED) is 0.480. The maximum atomic E-state index is 12.7. The number of hydrogen-bond donors (Lipinski definition) is 0. The maximum absolute atomic E-state index is 12.7. The van der Waals surface area contributed by atoms with Crippen LogP contribution in [0, 0.1) is 0 Å². The molecular weight excluding hydrogens is 329 g/mol. The second kappa shape index (κ2) is 5.59. The van der Waals surface area contributed by atoms with Gasteiger partial charge in [0.05, 0.1) is 17.5 Å². The number of aldehydes is 1. The lowest BCUT2D eigenvalue weighted by atomic mass is 10.1. The smallest absolute Gasteiger partial charge is 0.404 e. The van der Waals surface area contributed by atoms with Gasteiger partial charge < -0.3 is 4.74 Å². The van der Waals surface area contributed by atoms with E-state index in [2.05, 4.69) is 25.7 Å². The molecule has 1 aromatic rings. The summed E-state index contributed by atoms with van der Waals surface area (Å²) in [5.41, 5.74) is -1.81. The van der Waals surface area contributed by atoms with Gasteiger partial charge in [0.2, 0.25) is 0 Å². The van der Waals surface area contributed by atoms with Crippen LogP contribution in [0.25, 0.3) is 0 Å². The van der Waals surface area contributed by atoms with Crippen molar-refractivity contribution >= 4 is 22.2 Å². The molecule has 0 N–H and O–H groups in total. The van der Waals surface area contributed by atoms with E-state index in [1.54, 1.807) is 0 Å². The molecule has 3 nitrogen and oxygen atoms in total. The molecular formula is C9H5BrF5NO2. The highest BCUT2D eigenvalue weighted by Crippen LogP contribution is 2.35. The Labute approximate surface area is 106 Å². The lowest BCUT2D eigenvalue weighted by Crippen LogP contribution is -2.19. The summed E-state index contributed by atoms with van der Waals surface area (Å²) in [6.45, 7) is 0. The van der Waals surface area contributed by atoms with E-state index >= 15 is 0 Å². The van der Waals surface area contributed by atoms with Gasteiger partial charge in [-0.3, -0.25) is 9.78 Å². The van der Waals surface area contributed by atoms with Gasteiger partial charge in [0.1, 0.15) is 0 Å². The van der Waals surface area contributed by atoms with Crippen molar-refractivity contribution in [2.45, 2.75) is 18.1 Å². The third-order valence-electron chi connectivity index (χ3n) is 1.89. The van der Waals surface area contributed by atoms with Gasteiger partial charge in [-0.25, -0.2) is 8.78 Å². The van der Waals surface area contributed by atoms with Crippen molar-refractivity contribution in [3.8, 4) is 5.75 Å². The SMILES string of the molecule is O=Cc1c(CBr)ncc(OC(F)(F)F)c1C(F)F. The Bertz CT molecular complexity index is 449. The molecule has 100 valence electrons. The van der Waals surface area contributed by atoms with E-state index in [1.165, 1.54) is 0 Å². The molecule has 0 bridgehead atoms. The monoisotopic (exact) mass is 333 g/mol. The Hall–Kier alpha value is -1.25. The summed E-state index contributed by atoms with van der Waals surface area (Å²) in [5.74, 6) is -1.18. The molecule has 1 aromatic heterocycles. The van der Waals surface area contributed by atoms with Crippen LogP contribution in [0.1, 0.15) is 28.0 Å². The topological polar surface area (TPSA) is 39.2 Å². The third-order valence-corrected chi connectivity index (χ3v) is 2.42. The number of ether oxygens (including phenoxy) is 1. The van der Waals surface area contributed by atoms with E-state index in [0.29, 0.717) is 6.20 Å². The predicted molar refractivity (Wildman–Crippen MR) is 53.9 cm³/mol. The van der Waals surface area contributed by atoms with E-state index in [0.717, 1.165) is 0 Å². The molecule has 0 aliphatic carbocycles. The number of alkyl halides is 6. The zero-order chi connectivity index (χ0) is 13.9. The number of carbonyl (C=O) groups is 1. The molecule has 0 saturated heterocycles. The first-order valence-corrected chi connectivity index (χ1v) is 5.49. The number of rotatable bonds is 4. The van der Waals surface area contributed by atoms with Crippen molar-refractivity contribution in [1.29, 1.82) is 0 Å². The van der Waals surface area contributed by atoms with Crippen molar-refractivity contribution in [3.05, 3.63) is 23.0 Å². The highest BCUT2D eigenvalue weighted by atomic mass is 79.9. The first-order chi connectivity index (χ1) is 8.30. The van der Waals surface area contributed by atoms with Gasteiger partial charge in [-0.2, -0.15) is 0 Å². The Morgan fingerprint density at radius 1 is 1.44 bits per heavy atom. The van der Waals surface area contributed by atoms with Crippen LogP contribution in [0.4, 0.5) is 22.0 Å². The maximum Gasteiger partial charge on any atom is 0.573 e. The minimum Gasteiger partial charge on any atom is -0.404 e. The molecule has 0 aliphatic heterocycles. The van der Waals surface area contributed by atoms with E-state index in [9.17, 15) is 26.7 Å². The largest absolute Gasteiger partial charge is 0.573 e. The summed E-state index contributed by atoms with van der Waals surface area (Å²) < 4.78 is 64.9. The van der Waals surface area contributed by atoms with Crippen LogP contribution in [-0.4, -0.2) is 17.6 Å². The molecule has 1 rings (SSSR count). The van der Waals surface area contributed by atoms with E-state index < -0.39 is 29.7 Å². The second-order valence-corrected chi connectivity index (χ2v) is 3.56. The normalized spacial score (nSPS) is 11.7. The van der Waals surface area contributed by atoms with Crippen molar-refractivity contribution in [3.63, 3.8) is 0 Å². The zero-order valence-electron chi connectivity index (χ0n) is 8.47. The van der Waals surface area contributed by atoms with Crippen LogP contribution >= 0.6 is 15.9 Å². The van der Waals surface area contributed by atoms with Crippen LogP contribution in [0.2, 0.25) is 0 Å². The minimum absolute atomic E-state index is 0.0221. The van der Waals surface area contributed by atoms with Crippen molar-refractivity contribution in [1.82, 2.24) is 4.98 Å². The Balaban J connectivity index is 3.39. The van der Waals surface area contributed by atoms with Gasteiger partial charge in [0, 0.05) is 10.9 Å². The summed E-state index contributed by atoms with van der Waals surface area (Å²) >= 11 is 2.89. The van der Waals surface area contributed by atoms with Crippen LogP contribution in [0.5, 0.6) is 5.75 Å². The van der Waals surface area contributed by atoms with Crippen molar-refractivity contribution in [2.24, 2.45) is 0 Å². The summed E-state index contributed by atoms with van der Waals surface area (Å²) in [4.78, 5) is 14.2. The van der Waals surface area contributed by atoms with Crippen LogP contribution in [0.3, 0.4) is 0 Å². The summed E-state index contributed by atoms with van der Waals surface area (Å²) in [7, 11) is 0. The molecule has 0 radical (unpaired) electrons. The van der Waals surface area contributed by atoms with Crippen molar-refractivity contribution < 1.29 is 31.5 Å². The van der Waals surface area contributed by atoms with Crippen LogP contribution < -0.4 is 4.74 Å². The van der Waals surface area contributed by atoms with Gasteiger partial charge in [0.25, 0.3) is 6.43 Å². The molecule has 0 atom stereocenters. The molecule has 0 spiro atoms. The molecule has 0 amide bonds. The van der Waals surface area contributed by atoms with E-state index in [4.69, 9.17) is 0 Å². The summed E-state index contributed by atoms with van der Waals surface area (Å²) in [6, 6.07) is 0. The fourth-order valence-corrected chi connectivity index (χ4v) is 1.68. The molecule has 9 heteroatoms. The molecule has 0 unspecified atom stereocenters. The Morgan fingerprint density at radius 2 is 2.06 bits per heavy atom. The highest BCUT2D eigenvalue weighted by molar-refractivity contribution is 9.08. The number of hydrogen-bond acceptors (Lipinski definition) is 3. The number of carbonyl (C=O) groups excluding carboxylic acids is 1. The fourth-order valence-electron chi connectivity index (χ4n) is 1.23. The lowest BCUT2D eigenvalue weighted by Gasteiger charge is -2.15. The molecule has 18 heavy (non-hydrogen) atoms. The molecule has 1 heterocycles. The summed E-state index contributed by atoms with van der Waals surface area (Å²) in [6.07, 6.45) is -7.89. The molecule has 0 fully saturated rings. The zero-order valence-corrected chi connectivity index (χ0v) is 10.1. The first-order valence-electron chi connectivity index (χ1n) is 4.37.